The molecule has 0 bridgehead atoms. The van der Waals surface area contributed by atoms with Crippen LogP contribution in [-0.2, 0) is 22.3 Å². The number of benzene rings is 3. The number of nitrogens with one attached hydrogen (secondary N) is 3. The number of halogens is 3. The Kier molecular flexibility index (Phi) is 13.0. The molecule has 1 atom stereocenters. The van der Waals surface area contributed by atoms with E-state index in [1.807, 2.05) is 26.0 Å². The number of rotatable bonds is 14. The molecule has 3 aromatic carbocycles. The summed E-state index contributed by atoms with van der Waals surface area (Å²) in [7, 11) is 1.59. The van der Waals surface area contributed by atoms with Gasteiger partial charge in [-0.3, -0.25) is 24.2 Å². The number of carbonyl (C=O) groups is 4. The zero-order valence-electron chi connectivity index (χ0n) is 30.3. The smallest absolute Gasteiger partial charge is 0.416 e. The Morgan fingerprint density at radius 1 is 0.907 bits per heavy atom. The van der Waals surface area contributed by atoms with E-state index < -0.39 is 23.6 Å². The molecule has 2 heterocycles. The van der Waals surface area contributed by atoms with Gasteiger partial charge in [0, 0.05) is 60.8 Å². The molecule has 284 valence electrons. The van der Waals surface area contributed by atoms with E-state index >= 15 is 0 Å². The number of likely N-dealkylation sites (N-methyl/N-ethyl adjacent to an activating group) is 1. The van der Waals surface area contributed by atoms with Crippen LogP contribution in [-0.4, -0.2) is 79.5 Å². The first-order valence-corrected chi connectivity index (χ1v) is 17.7. The number of pyridine rings is 1. The fraction of sp³-hybridized carbons (Fsp3) is 0.325. The molecule has 1 unspecified atom stereocenters. The van der Waals surface area contributed by atoms with Crippen molar-refractivity contribution in [1.29, 1.82) is 0 Å². The van der Waals surface area contributed by atoms with Crippen molar-refractivity contribution in [1.82, 2.24) is 20.5 Å². The van der Waals surface area contributed by atoms with Crippen LogP contribution in [0.15, 0.2) is 85.1 Å². The summed E-state index contributed by atoms with van der Waals surface area (Å²) in [5.41, 5.74) is 2.36. The van der Waals surface area contributed by atoms with Gasteiger partial charge in [-0.2, -0.15) is 13.2 Å². The lowest BCUT2D eigenvalue weighted by Gasteiger charge is -2.23. The lowest BCUT2D eigenvalue weighted by molar-refractivity contribution is -0.146. The molecule has 11 nitrogen and oxygen atoms in total. The number of esters is 1. The number of ether oxygens (including phenoxy) is 1. The SMILES string of the molecule is CCN(CC)c1ccc(NC(=O)c2cccc(C(=O)N(C)CCOC(=O)C3CCCN3)c2)c(-c2cc(C(=O)NCc3cccc(C(F)(F)F)c3)ccn2)c1. The van der Waals surface area contributed by atoms with Gasteiger partial charge in [0.2, 0.25) is 0 Å². The minimum absolute atomic E-state index is 0.0401. The highest BCUT2D eigenvalue weighted by Crippen LogP contribution is 2.33. The third kappa shape index (κ3) is 10.0. The normalized spacial score (nSPS) is 13.9. The summed E-state index contributed by atoms with van der Waals surface area (Å²) in [5.74, 6) is -1.69. The van der Waals surface area contributed by atoms with Crippen molar-refractivity contribution in [2.45, 2.75) is 45.5 Å². The summed E-state index contributed by atoms with van der Waals surface area (Å²) in [6.07, 6.45) is -1.43. The van der Waals surface area contributed by atoms with Crippen LogP contribution in [0.1, 0.15) is 68.9 Å². The zero-order chi connectivity index (χ0) is 38.8. The second kappa shape index (κ2) is 17.8. The number of aromatic nitrogens is 1. The van der Waals surface area contributed by atoms with Crippen LogP contribution in [0.5, 0.6) is 0 Å². The predicted molar refractivity (Wildman–Crippen MR) is 199 cm³/mol. The first kappa shape index (κ1) is 39.4. The van der Waals surface area contributed by atoms with E-state index in [-0.39, 0.29) is 54.3 Å². The summed E-state index contributed by atoms with van der Waals surface area (Å²) in [4.78, 5) is 60.3. The molecule has 3 N–H and O–H groups in total. The van der Waals surface area contributed by atoms with E-state index in [1.54, 1.807) is 37.4 Å². The highest BCUT2D eigenvalue weighted by atomic mass is 19.4. The maximum atomic E-state index is 13.7. The Labute approximate surface area is 311 Å². The standard InChI is InChI=1S/C40H43F3N6O5/c1-4-49(5-2)31-14-15-33(32(24-31)35-23-28(16-18-45-35)36(50)46-25-26-9-6-12-30(21-26)40(41,42)43)47-37(51)27-10-7-11-29(22-27)38(52)48(3)19-20-54-39(53)34-13-8-17-44-34/h6-7,9-12,14-16,18,21-24,34,44H,4-5,8,13,17,19-20,25H2,1-3H3,(H,46,50)(H,47,51). The van der Waals surface area contributed by atoms with E-state index in [0.29, 0.717) is 35.6 Å². The molecule has 14 heteroatoms. The van der Waals surface area contributed by atoms with Gasteiger partial charge in [0.15, 0.2) is 0 Å². The maximum Gasteiger partial charge on any atom is 0.416 e. The van der Waals surface area contributed by atoms with Crippen molar-refractivity contribution in [2.24, 2.45) is 0 Å². The molecule has 1 saturated heterocycles. The van der Waals surface area contributed by atoms with Gasteiger partial charge in [0.1, 0.15) is 12.6 Å². The first-order chi connectivity index (χ1) is 25.9. The average molecular weight is 745 g/mol. The molecule has 1 aliphatic rings. The van der Waals surface area contributed by atoms with Crippen LogP contribution < -0.4 is 20.9 Å². The monoisotopic (exact) mass is 744 g/mol. The molecule has 3 amide bonds. The van der Waals surface area contributed by atoms with Crippen LogP contribution in [0.25, 0.3) is 11.3 Å². The van der Waals surface area contributed by atoms with Crippen molar-refractivity contribution < 1.29 is 37.1 Å². The predicted octanol–water partition coefficient (Wildman–Crippen LogP) is 6.16. The van der Waals surface area contributed by atoms with E-state index in [2.05, 4.69) is 25.8 Å². The van der Waals surface area contributed by atoms with Crippen LogP contribution in [0, 0.1) is 0 Å². The summed E-state index contributed by atoms with van der Waals surface area (Å²) in [5, 5.41) is 8.68. The molecule has 0 aliphatic carbocycles. The molecular weight excluding hydrogens is 701 g/mol. The van der Waals surface area contributed by atoms with Crippen LogP contribution >= 0.6 is 0 Å². The average Bonchev–Trinajstić information content (AvgIpc) is 3.73. The Hall–Kier alpha value is -5.76. The fourth-order valence-electron chi connectivity index (χ4n) is 6.08. The van der Waals surface area contributed by atoms with E-state index in [9.17, 15) is 32.3 Å². The van der Waals surface area contributed by atoms with E-state index in [1.165, 1.54) is 35.4 Å². The Morgan fingerprint density at radius 3 is 2.37 bits per heavy atom. The third-order valence-corrected chi connectivity index (χ3v) is 9.12. The van der Waals surface area contributed by atoms with Crippen LogP contribution in [0.3, 0.4) is 0 Å². The number of amides is 3. The molecule has 0 spiro atoms. The van der Waals surface area contributed by atoms with Crippen LogP contribution in [0.4, 0.5) is 24.5 Å². The van der Waals surface area contributed by atoms with Gasteiger partial charge in [-0.1, -0.05) is 18.2 Å². The minimum atomic E-state index is -4.50. The molecule has 54 heavy (non-hydrogen) atoms. The van der Waals surface area contributed by atoms with E-state index in [0.717, 1.165) is 37.2 Å². The van der Waals surface area contributed by atoms with Gasteiger partial charge in [-0.25, -0.2) is 0 Å². The topological polar surface area (TPSA) is 133 Å². The molecule has 4 aromatic rings. The lowest BCUT2D eigenvalue weighted by Crippen LogP contribution is -2.35. The number of nitrogens with zero attached hydrogens (tertiary/aromatic N) is 3. The Bertz CT molecular complexity index is 1980. The number of carbonyl (C=O) groups excluding carboxylic acids is 4. The lowest BCUT2D eigenvalue weighted by atomic mass is 10.0. The first-order valence-electron chi connectivity index (χ1n) is 17.7. The van der Waals surface area contributed by atoms with Crippen molar-refractivity contribution in [3.63, 3.8) is 0 Å². The molecule has 1 aromatic heterocycles. The van der Waals surface area contributed by atoms with Gasteiger partial charge in [0.05, 0.1) is 23.5 Å². The number of alkyl halides is 3. The number of hydrogen-bond acceptors (Lipinski definition) is 8. The maximum absolute atomic E-state index is 13.7. The van der Waals surface area contributed by atoms with Gasteiger partial charge in [-0.05, 0) is 99.5 Å². The summed E-state index contributed by atoms with van der Waals surface area (Å²) < 4.78 is 44.9. The van der Waals surface area contributed by atoms with Gasteiger partial charge in [-0.15, -0.1) is 0 Å². The van der Waals surface area contributed by atoms with Gasteiger partial charge < -0.3 is 30.5 Å². The van der Waals surface area contributed by atoms with Crippen molar-refractivity contribution >= 4 is 35.1 Å². The second-order valence-electron chi connectivity index (χ2n) is 12.8. The summed E-state index contributed by atoms with van der Waals surface area (Å²) in [6.45, 7) is 6.31. The molecule has 0 saturated carbocycles. The minimum Gasteiger partial charge on any atom is -0.463 e. The quantitative estimate of drug-likeness (QED) is 0.131. The second-order valence-corrected chi connectivity index (χ2v) is 12.8. The molecular formula is C40H43F3N6O5. The largest absolute Gasteiger partial charge is 0.463 e. The molecule has 0 radical (unpaired) electrons. The number of hydrogen-bond donors (Lipinski definition) is 3. The fourth-order valence-corrected chi connectivity index (χ4v) is 6.08. The highest BCUT2D eigenvalue weighted by Gasteiger charge is 2.30. The van der Waals surface area contributed by atoms with Crippen LogP contribution in [0.2, 0.25) is 0 Å². The molecule has 5 rings (SSSR count). The zero-order valence-corrected chi connectivity index (χ0v) is 30.3. The Morgan fingerprint density at radius 2 is 1.65 bits per heavy atom. The van der Waals surface area contributed by atoms with Crippen molar-refractivity contribution in [2.75, 3.05) is 50.1 Å². The summed E-state index contributed by atoms with van der Waals surface area (Å²) >= 11 is 0. The molecule has 1 fully saturated rings. The summed E-state index contributed by atoms with van der Waals surface area (Å²) in [6, 6.07) is 19.2. The number of anilines is 2. The Balaban J connectivity index is 1.32. The third-order valence-electron chi connectivity index (χ3n) is 9.12. The van der Waals surface area contributed by atoms with Crippen molar-refractivity contribution in [3.05, 3.63) is 113 Å². The molecule has 1 aliphatic heterocycles. The van der Waals surface area contributed by atoms with Crippen molar-refractivity contribution in [3.8, 4) is 11.3 Å². The van der Waals surface area contributed by atoms with E-state index in [4.69, 9.17) is 4.74 Å². The van der Waals surface area contributed by atoms with Gasteiger partial charge >= 0.3 is 12.1 Å². The van der Waals surface area contributed by atoms with Gasteiger partial charge in [0.25, 0.3) is 17.7 Å². The highest BCUT2D eigenvalue weighted by molar-refractivity contribution is 6.08.